The lowest BCUT2D eigenvalue weighted by Crippen LogP contribution is -2.72. The van der Waals surface area contributed by atoms with Gasteiger partial charge in [-0.25, -0.2) is 22.9 Å². The maximum atomic E-state index is 12.7. The van der Waals surface area contributed by atoms with Crippen LogP contribution in [-0.2, 0) is 22.6 Å². The highest BCUT2D eigenvalue weighted by molar-refractivity contribution is 7.89. The normalized spacial score (nSPS) is 26.2. The number of sulfonamides is 1. The number of hydrogen-bond acceptors (Lipinski definition) is 5. The minimum absolute atomic E-state index is 0.0190. The van der Waals surface area contributed by atoms with Crippen molar-refractivity contribution >= 4 is 16.1 Å². The van der Waals surface area contributed by atoms with Crippen LogP contribution in [0.1, 0.15) is 43.5 Å². The van der Waals surface area contributed by atoms with Gasteiger partial charge < -0.3 is 9.80 Å². The molecule has 0 unspecified atom stereocenters. The highest BCUT2D eigenvalue weighted by Crippen LogP contribution is 2.47. The predicted molar refractivity (Wildman–Crippen MR) is 108 cm³/mol. The van der Waals surface area contributed by atoms with Crippen LogP contribution < -0.4 is 4.72 Å². The van der Waals surface area contributed by atoms with E-state index in [4.69, 9.17) is 0 Å². The van der Waals surface area contributed by atoms with E-state index in [0.717, 1.165) is 31.9 Å². The van der Waals surface area contributed by atoms with E-state index in [1.54, 1.807) is 4.90 Å². The van der Waals surface area contributed by atoms with Crippen LogP contribution in [0.15, 0.2) is 12.4 Å². The second-order valence-corrected chi connectivity index (χ2v) is 11.8. The fourth-order valence-corrected chi connectivity index (χ4v) is 7.27. The zero-order valence-corrected chi connectivity index (χ0v) is 18.4. The van der Waals surface area contributed by atoms with E-state index in [1.165, 1.54) is 6.20 Å². The first-order chi connectivity index (χ1) is 15.0. The standard InChI is InChI=1S/C20H26F3N5O3S/c21-20(22,23)16-9-24-15(8-25-16)7-14-1-3-18(4-2-14)10-27(11-18)17(29)28-12-19(13-28)5-6-32(30,31)26-19/h8-9,14,26H,1-7,10-13H2. The average molecular weight is 474 g/mol. The summed E-state index contributed by atoms with van der Waals surface area (Å²) in [5.41, 5.74) is -0.716. The molecule has 4 heterocycles. The Morgan fingerprint density at radius 1 is 1.06 bits per heavy atom. The van der Waals surface area contributed by atoms with Gasteiger partial charge in [-0.3, -0.25) is 4.98 Å². The Hall–Kier alpha value is -1.95. The molecule has 3 aliphatic heterocycles. The van der Waals surface area contributed by atoms with E-state index in [9.17, 15) is 26.4 Å². The quantitative estimate of drug-likeness (QED) is 0.709. The van der Waals surface area contributed by atoms with Gasteiger partial charge in [0.05, 0.1) is 23.2 Å². The van der Waals surface area contributed by atoms with Gasteiger partial charge >= 0.3 is 12.2 Å². The van der Waals surface area contributed by atoms with Crippen LogP contribution in [0.4, 0.5) is 18.0 Å². The van der Waals surface area contributed by atoms with Crippen molar-refractivity contribution in [1.29, 1.82) is 0 Å². The van der Waals surface area contributed by atoms with Gasteiger partial charge in [0.25, 0.3) is 0 Å². The maximum Gasteiger partial charge on any atom is 0.434 e. The molecule has 0 atom stereocenters. The predicted octanol–water partition coefficient (Wildman–Crippen LogP) is 2.03. The molecule has 1 aliphatic carbocycles. The number of amides is 2. The highest BCUT2D eigenvalue weighted by atomic mass is 32.2. The number of likely N-dealkylation sites (tertiary alicyclic amines) is 2. The van der Waals surface area contributed by atoms with Gasteiger partial charge in [0.15, 0.2) is 5.69 Å². The third kappa shape index (κ3) is 4.07. The van der Waals surface area contributed by atoms with Crippen LogP contribution in [0.2, 0.25) is 0 Å². The van der Waals surface area contributed by atoms with Crippen molar-refractivity contribution in [2.24, 2.45) is 11.3 Å². The van der Waals surface area contributed by atoms with Gasteiger partial charge in [-0.15, -0.1) is 0 Å². The van der Waals surface area contributed by atoms with Crippen molar-refractivity contribution in [1.82, 2.24) is 24.5 Å². The number of urea groups is 1. The van der Waals surface area contributed by atoms with Crippen molar-refractivity contribution in [2.75, 3.05) is 31.9 Å². The molecule has 4 aliphatic rings. The van der Waals surface area contributed by atoms with Crippen LogP contribution in [0, 0.1) is 11.3 Å². The fourth-order valence-electron chi connectivity index (χ4n) is 5.62. The molecule has 12 heteroatoms. The van der Waals surface area contributed by atoms with E-state index in [2.05, 4.69) is 14.7 Å². The number of rotatable bonds is 2. The van der Waals surface area contributed by atoms with Crippen LogP contribution >= 0.6 is 0 Å². The zero-order valence-electron chi connectivity index (χ0n) is 17.6. The van der Waals surface area contributed by atoms with Crippen LogP contribution in [0.25, 0.3) is 0 Å². The average Bonchev–Trinajstić information content (AvgIpc) is 3.01. The third-order valence-electron chi connectivity index (χ3n) is 7.46. The number of alkyl halides is 3. The second kappa shape index (κ2) is 7.28. The molecule has 1 saturated carbocycles. The van der Waals surface area contributed by atoms with Crippen LogP contribution in [0.3, 0.4) is 0 Å². The molecule has 0 radical (unpaired) electrons. The SMILES string of the molecule is O=C(N1CC2(CCC(Cc3cnc(C(F)(F)F)cn3)CC2)C1)N1CC2(CCS(=O)(=O)N2)C1. The number of nitrogens with zero attached hydrogens (tertiary/aromatic N) is 4. The maximum absolute atomic E-state index is 12.7. The van der Waals surface area contributed by atoms with Crippen molar-refractivity contribution < 1.29 is 26.4 Å². The summed E-state index contributed by atoms with van der Waals surface area (Å²) in [6.07, 6.45) is 2.60. The fraction of sp³-hybridized carbons (Fsp3) is 0.750. The number of hydrogen-bond donors (Lipinski definition) is 1. The molecule has 4 fully saturated rings. The molecule has 0 aromatic carbocycles. The van der Waals surface area contributed by atoms with Gasteiger partial charge in [-0.1, -0.05) is 0 Å². The summed E-state index contributed by atoms with van der Waals surface area (Å²) >= 11 is 0. The molecular weight excluding hydrogens is 447 g/mol. The van der Waals surface area contributed by atoms with Gasteiger partial charge in [-0.05, 0) is 44.4 Å². The molecular formula is C20H26F3N5O3S. The molecule has 3 saturated heterocycles. The topological polar surface area (TPSA) is 95.5 Å². The van der Waals surface area contributed by atoms with Gasteiger partial charge in [0.2, 0.25) is 10.0 Å². The minimum Gasteiger partial charge on any atom is -0.323 e. The van der Waals surface area contributed by atoms with Crippen LogP contribution in [-0.4, -0.2) is 71.7 Å². The molecule has 8 nitrogen and oxygen atoms in total. The molecule has 32 heavy (non-hydrogen) atoms. The summed E-state index contributed by atoms with van der Waals surface area (Å²) in [4.78, 5) is 23.7. The first-order valence-electron chi connectivity index (χ1n) is 10.9. The Morgan fingerprint density at radius 2 is 1.72 bits per heavy atom. The largest absolute Gasteiger partial charge is 0.434 e. The molecule has 5 rings (SSSR count). The monoisotopic (exact) mass is 473 g/mol. The Labute approximate surface area is 184 Å². The van der Waals surface area contributed by atoms with Gasteiger partial charge in [-0.2, -0.15) is 13.2 Å². The summed E-state index contributed by atoms with van der Waals surface area (Å²) in [6, 6.07) is -0.0190. The van der Waals surface area contributed by atoms with E-state index in [1.807, 2.05) is 4.90 Å². The summed E-state index contributed by atoms with van der Waals surface area (Å²) in [6.45, 7) is 2.30. The number of halogens is 3. The zero-order chi connectivity index (χ0) is 22.8. The lowest BCUT2D eigenvalue weighted by Gasteiger charge is -2.57. The first-order valence-corrected chi connectivity index (χ1v) is 12.6. The molecule has 2 spiro atoms. The summed E-state index contributed by atoms with van der Waals surface area (Å²) in [7, 11) is -3.19. The van der Waals surface area contributed by atoms with Crippen molar-refractivity contribution in [3.05, 3.63) is 23.8 Å². The smallest absolute Gasteiger partial charge is 0.323 e. The Kier molecular flexibility index (Phi) is 4.97. The molecule has 176 valence electrons. The first kappa shape index (κ1) is 21.9. The van der Waals surface area contributed by atoms with Gasteiger partial charge in [0.1, 0.15) is 0 Å². The Balaban J connectivity index is 1.07. The molecule has 1 N–H and O–H groups in total. The Morgan fingerprint density at radius 3 is 2.25 bits per heavy atom. The minimum atomic E-state index is -4.47. The van der Waals surface area contributed by atoms with E-state index >= 15 is 0 Å². The van der Waals surface area contributed by atoms with E-state index in [-0.39, 0.29) is 17.2 Å². The number of carbonyl (C=O) groups excluding carboxylic acids is 1. The van der Waals surface area contributed by atoms with Crippen molar-refractivity contribution in [3.8, 4) is 0 Å². The van der Waals surface area contributed by atoms with Gasteiger partial charge in [0, 0.05) is 37.8 Å². The number of aromatic nitrogens is 2. The summed E-state index contributed by atoms with van der Waals surface area (Å²) < 4.78 is 63.8. The Bertz CT molecular complexity index is 992. The molecule has 1 aromatic heterocycles. The third-order valence-corrected chi connectivity index (χ3v) is 8.95. The van der Waals surface area contributed by atoms with E-state index < -0.39 is 27.4 Å². The lowest BCUT2D eigenvalue weighted by atomic mass is 9.65. The summed E-state index contributed by atoms with van der Waals surface area (Å²) in [5, 5.41) is 0. The second-order valence-electron chi connectivity index (χ2n) is 9.98. The molecule has 1 aromatic rings. The molecule has 0 bridgehead atoms. The highest BCUT2D eigenvalue weighted by Gasteiger charge is 2.55. The van der Waals surface area contributed by atoms with Crippen LogP contribution in [0.5, 0.6) is 0 Å². The van der Waals surface area contributed by atoms with Crippen molar-refractivity contribution in [2.45, 2.75) is 50.2 Å². The lowest BCUT2D eigenvalue weighted by molar-refractivity contribution is -0.141. The molecule has 2 amide bonds. The number of carbonyl (C=O) groups is 1. The number of nitrogens with one attached hydrogen (secondary N) is 1. The van der Waals surface area contributed by atoms with E-state index in [0.29, 0.717) is 50.6 Å². The summed E-state index contributed by atoms with van der Waals surface area (Å²) in [5.74, 6) is 0.489. The van der Waals surface area contributed by atoms with Crippen molar-refractivity contribution in [3.63, 3.8) is 0 Å².